The van der Waals surface area contributed by atoms with Crippen LogP contribution in [0.3, 0.4) is 0 Å². The van der Waals surface area contributed by atoms with Crippen LogP contribution >= 0.6 is 23.4 Å². The highest BCUT2D eigenvalue weighted by atomic mass is 35.5. The number of thioether (sulfide) groups is 1. The largest absolute Gasteiger partial charge is 0.387 e. The van der Waals surface area contributed by atoms with Gasteiger partial charge in [-0.3, -0.25) is 4.79 Å². The zero-order valence-corrected chi connectivity index (χ0v) is 12.1. The van der Waals surface area contributed by atoms with Crippen molar-refractivity contribution in [3.8, 4) is 0 Å². The summed E-state index contributed by atoms with van der Waals surface area (Å²) in [4.78, 5) is 14.4. The molecule has 0 radical (unpaired) electrons. The number of halogens is 1. The van der Waals surface area contributed by atoms with Crippen LogP contribution in [0, 0.1) is 0 Å². The Kier molecular flexibility index (Phi) is 4.40. The minimum Gasteiger partial charge on any atom is -0.387 e. The molecule has 2 rings (SSSR count). The topological polar surface area (TPSA) is 32.3 Å². The SMILES string of the molecule is CNc1ccc(Cl)cc1C(=O)N1CCSC(C)C1. The summed E-state index contributed by atoms with van der Waals surface area (Å²) < 4.78 is 0. The van der Waals surface area contributed by atoms with Gasteiger partial charge in [0.1, 0.15) is 0 Å². The van der Waals surface area contributed by atoms with Gasteiger partial charge in [0.15, 0.2) is 0 Å². The fraction of sp³-hybridized carbons (Fsp3) is 0.462. The van der Waals surface area contributed by atoms with Gasteiger partial charge in [-0.25, -0.2) is 0 Å². The quantitative estimate of drug-likeness (QED) is 0.906. The van der Waals surface area contributed by atoms with E-state index in [0.717, 1.165) is 24.5 Å². The molecule has 1 unspecified atom stereocenters. The summed E-state index contributed by atoms with van der Waals surface area (Å²) in [5.74, 6) is 1.07. The molecule has 1 amide bonds. The van der Waals surface area contributed by atoms with Crippen molar-refractivity contribution in [3.05, 3.63) is 28.8 Å². The lowest BCUT2D eigenvalue weighted by Gasteiger charge is -2.31. The standard InChI is InChI=1S/C13H17ClN2OS/c1-9-8-16(5-6-18-9)13(17)11-7-10(14)3-4-12(11)15-2/h3-4,7,9,15H,5-6,8H2,1-2H3. The van der Waals surface area contributed by atoms with E-state index in [1.807, 2.05) is 29.8 Å². The third kappa shape index (κ3) is 2.93. The van der Waals surface area contributed by atoms with Gasteiger partial charge in [-0.1, -0.05) is 18.5 Å². The van der Waals surface area contributed by atoms with Crippen molar-refractivity contribution in [1.82, 2.24) is 4.90 Å². The van der Waals surface area contributed by atoms with Gasteiger partial charge in [-0.2, -0.15) is 11.8 Å². The fourth-order valence-corrected chi connectivity index (χ4v) is 3.27. The maximum atomic E-state index is 12.5. The second-order valence-electron chi connectivity index (χ2n) is 4.37. The summed E-state index contributed by atoms with van der Waals surface area (Å²) in [7, 11) is 1.81. The van der Waals surface area contributed by atoms with Crippen molar-refractivity contribution in [2.75, 3.05) is 31.2 Å². The van der Waals surface area contributed by atoms with Crippen LogP contribution in [-0.2, 0) is 0 Å². The van der Waals surface area contributed by atoms with Crippen molar-refractivity contribution < 1.29 is 4.79 Å². The molecule has 1 aliphatic heterocycles. The predicted molar refractivity (Wildman–Crippen MR) is 78.8 cm³/mol. The van der Waals surface area contributed by atoms with Crippen LogP contribution in [0.25, 0.3) is 0 Å². The first-order chi connectivity index (χ1) is 8.61. The molecule has 0 aromatic heterocycles. The summed E-state index contributed by atoms with van der Waals surface area (Å²) >= 11 is 7.89. The Hall–Kier alpha value is -0.870. The number of rotatable bonds is 2. The van der Waals surface area contributed by atoms with E-state index in [-0.39, 0.29) is 5.91 Å². The molecular weight excluding hydrogens is 268 g/mol. The lowest BCUT2D eigenvalue weighted by Crippen LogP contribution is -2.41. The number of carbonyl (C=O) groups excluding carboxylic acids is 1. The third-order valence-electron chi connectivity index (χ3n) is 3.01. The van der Waals surface area contributed by atoms with Gasteiger partial charge in [0.05, 0.1) is 5.56 Å². The molecule has 18 heavy (non-hydrogen) atoms. The van der Waals surface area contributed by atoms with E-state index < -0.39 is 0 Å². The maximum Gasteiger partial charge on any atom is 0.256 e. The molecular formula is C13H17ClN2OS. The van der Waals surface area contributed by atoms with E-state index in [4.69, 9.17) is 11.6 Å². The van der Waals surface area contributed by atoms with Gasteiger partial charge in [-0.15, -0.1) is 0 Å². The molecule has 0 spiro atoms. The normalized spacial score (nSPS) is 19.7. The Morgan fingerprint density at radius 3 is 3.00 bits per heavy atom. The number of amides is 1. The Morgan fingerprint density at radius 2 is 2.33 bits per heavy atom. The molecule has 1 atom stereocenters. The highest BCUT2D eigenvalue weighted by Gasteiger charge is 2.24. The number of anilines is 1. The fourth-order valence-electron chi connectivity index (χ4n) is 2.08. The van der Waals surface area contributed by atoms with Crippen molar-refractivity contribution in [2.45, 2.75) is 12.2 Å². The van der Waals surface area contributed by atoms with Gasteiger partial charge >= 0.3 is 0 Å². The number of carbonyl (C=O) groups is 1. The van der Waals surface area contributed by atoms with Crippen LogP contribution in [-0.4, -0.2) is 41.9 Å². The van der Waals surface area contributed by atoms with Gasteiger partial charge in [0.2, 0.25) is 0 Å². The minimum atomic E-state index is 0.0639. The second kappa shape index (κ2) is 5.85. The molecule has 1 saturated heterocycles. The highest BCUT2D eigenvalue weighted by molar-refractivity contribution is 7.99. The molecule has 98 valence electrons. The molecule has 3 nitrogen and oxygen atoms in total. The summed E-state index contributed by atoms with van der Waals surface area (Å²) in [6.07, 6.45) is 0. The van der Waals surface area contributed by atoms with E-state index in [2.05, 4.69) is 12.2 Å². The molecule has 0 aliphatic carbocycles. The van der Waals surface area contributed by atoms with Gasteiger partial charge < -0.3 is 10.2 Å². The van der Waals surface area contributed by atoms with E-state index in [1.54, 1.807) is 12.1 Å². The average Bonchev–Trinajstić information content (AvgIpc) is 2.38. The van der Waals surface area contributed by atoms with E-state index in [9.17, 15) is 4.79 Å². The number of nitrogens with one attached hydrogen (secondary N) is 1. The Balaban J connectivity index is 2.24. The summed E-state index contributed by atoms with van der Waals surface area (Å²) in [5, 5.41) is 4.14. The monoisotopic (exact) mass is 284 g/mol. The second-order valence-corrected chi connectivity index (χ2v) is 6.36. The van der Waals surface area contributed by atoms with E-state index in [1.165, 1.54) is 0 Å². The van der Waals surface area contributed by atoms with Crippen molar-refractivity contribution in [3.63, 3.8) is 0 Å². The average molecular weight is 285 g/mol. The van der Waals surface area contributed by atoms with Crippen LogP contribution in [0.5, 0.6) is 0 Å². The van der Waals surface area contributed by atoms with Crippen LogP contribution in [0.15, 0.2) is 18.2 Å². The summed E-state index contributed by atoms with van der Waals surface area (Å²) in [5.41, 5.74) is 1.49. The molecule has 1 heterocycles. The molecule has 0 bridgehead atoms. The number of hydrogen-bond acceptors (Lipinski definition) is 3. The molecule has 1 aromatic carbocycles. The zero-order chi connectivity index (χ0) is 13.1. The molecule has 1 aromatic rings. The molecule has 1 fully saturated rings. The third-order valence-corrected chi connectivity index (χ3v) is 4.38. The van der Waals surface area contributed by atoms with Crippen molar-refractivity contribution in [1.29, 1.82) is 0 Å². The summed E-state index contributed by atoms with van der Waals surface area (Å²) in [6, 6.07) is 5.37. The molecule has 1 aliphatic rings. The van der Waals surface area contributed by atoms with Gasteiger partial charge in [0, 0.05) is 41.8 Å². The first-order valence-corrected chi connectivity index (χ1v) is 7.42. The Bertz CT molecular complexity index is 453. The Labute approximate surface area is 117 Å². The smallest absolute Gasteiger partial charge is 0.256 e. The van der Waals surface area contributed by atoms with Gasteiger partial charge in [-0.05, 0) is 18.2 Å². The highest BCUT2D eigenvalue weighted by Crippen LogP contribution is 2.25. The predicted octanol–water partition coefficient (Wildman–Crippen LogP) is 2.96. The van der Waals surface area contributed by atoms with Crippen LogP contribution in [0.4, 0.5) is 5.69 Å². The Morgan fingerprint density at radius 1 is 1.56 bits per heavy atom. The minimum absolute atomic E-state index is 0.0639. The van der Waals surface area contributed by atoms with E-state index >= 15 is 0 Å². The van der Waals surface area contributed by atoms with Crippen molar-refractivity contribution in [2.24, 2.45) is 0 Å². The molecule has 5 heteroatoms. The van der Waals surface area contributed by atoms with Crippen LogP contribution in [0.2, 0.25) is 5.02 Å². The lowest BCUT2D eigenvalue weighted by molar-refractivity contribution is 0.0764. The zero-order valence-electron chi connectivity index (χ0n) is 10.6. The first kappa shape index (κ1) is 13.6. The first-order valence-electron chi connectivity index (χ1n) is 6.00. The number of nitrogens with zero attached hydrogens (tertiary/aromatic N) is 1. The van der Waals surface area contributed by atoms with Crippen LogP contribution < -0.4 is 5.32 Å². The maximum absolute atomic E-state index is 12.5. The summed E-state index contributed by atoms with van der Waals surface area (Å²) in [6.45, 7) is 3.77. The molecule has 1 N–H and O–H groups in total. The lowest BCUT2D eigenvalue weighted by atomic mass is 10.1. The number of hydrogen-bond donors (Lipinski definition) is 1. The number of benzene rings is 1. The van der Waals surface area contributed by atoms with Gasteiger partial charge in [0.25, 0.3) is 5.91 Å². The van der Waals surface area contributed by atoms with Crippen molar-refractivity contribution >= 4 is 35.0 Å². The molecule has 0 saturated carbocycles. The van der Waals surface area contributed by atoms with E-state index in [0.29, 0.717) is 15.8 Å². The van der Waals surface area contributed by atoms with Crippen LogP contribution in [0.1, 0.15) is 17.3 Å².